The van der Waals surface area contributed by atoms with Gasteiger partial charge in [0.1, 0.15) is 6.61 Å². The second-order valence-corrected chi connectivity index (χ2v) is 8.25. The first-order valence-corrected chi connectivity index (χ1v) is 11.6. The van der Waals surface area contributed by atoms with Crippen molar-refractivity contribution < 1.29 is 14.3 Å². The third-order valence-electron chi connectivity index (χ3n) is 5.82. The molecule has 2 aromatic carbocycles. The van der Waals surface area contributed by atoms with Crippen LogP contribution in [0.2, 0.25) is 0 Å². The zero-order valence-corrected chi connectivity index (χ0v) is 19.1. The summed E-state index contributed by atoms with van der Waals surface area (Å²) in [6.45, 7) is 5.74. The van der Waals surface area contributed by atoms with E-state index in [1.54, 1.807) is 24.5 Å². The summed E-state index contributed by atoms with van der Waals surface area (Å²) in [6, 6.07) is 19.9. The first-order chi connectivity index (χ1) is 16.2. The van der Waals surface area contributed by atoms with Crippen molar-refractivity contribution in [1.29, 1.82) is 0 Å². The molecule has 4 rings (SSSR count). The SMILES string of the molecule is CCOc1cc(C(=O)NC2CCN(Cc3ccccc3)CC2)ccc1OCc1ccncc1. The number of benzene rings is 2. The van der Waals surface area contributed by atoms with Crippen molar-refractivity contribution in [1.82, 2.24) is 15.2 Å². The van der Waals surface area contributed by atoms with E-state index in [2.05, 4.69) is 39.5 Å². The van der Waals surface area contributed by atoms with Crippen LogP contribution >= 0.6 is 0 Å². The molecule has 3 aromatic rings. The minimum atomic E-state index is -0.0712. The number of nitrogens with zero attached hydrogens (tertiary/aromatic N) is 2. The van der Waals surface area contributed by atoms with E-state index in [1.165, 1.54) is 5.56 Å². The molecule has 6 heteroatoms. The third-order valence-corrected chi connectivity index (χ3v) is 5.82. The summed E-state index contributed by atoms with van der Waals surface area (Å²) in [5, 5.41) is 3.20. The van der Waals surface area contributed by atoms with Crippen molar-refractivity contribution in [3.05, 3.63) is 89.7 Å². The van der Waals surface area contributed by atoms with Gasteiger partial charge < -0.3 is 14.8 Å². The maximum Gasteiger partial charge on any atom is 0.251 e. The van der Waals surface area contributed by atoms with Crippen molar-refractivity contribution in [3.8, 4) is 11.5 Å². The van der Waals surface area contributed by atoms with Gasteiger partial charge in [0.05, 0.1) is 6.61 Å². The molecular formula is C27H31N3O3. The van der Waals surface area contributed by atoms with Crippen molar-refractivity contribution in [2.24, 2.45) is 0 Å². The van der Waals surface area contributed by atoms with Gasteiger partial charge in [-0.3, -0.25) is 14.7 Å². The molecule has 172 valence electrons. The Kier molecular flexibility index (Phi) is 7.93. The predicted octanol–water partition coefficient (Wildman–Crippen LogP) is 4.45. The van der Waals surface area contributed by atoms with Gasteiger partial charge in [0, 0.05) is 43.6 Å². The fourth-order valence-electron chi connectivity index (χ4n) is 4.02. The fraction of sp³-hybridized carbons (Fsp3) is 0.333. The van der Waals surface area contributed by atoms with E-state index in [-0.39, 0.29) is 11.9 Å². The van der Waals surface area contributed by atoms with Crippen LogP contribution in [0.5, 0.6) is 11.5 Å². The summed E-state index contributed by atoms with van der Waals surface area (Å²) in [5.74, 6) is 1.13. The molecule has 1 aliphatic heterocycles. The first-order valence-electron chi connectivity index (χ1n) is 11.6. The summed E-state index contributed by atoms with van der Waals surface area (Å²) < 4.78 is 11.7. The Hall–Kier alpha value is -3.38. The van der Waals surface area contributed by atoms with Gasteiger partial charge >= 0.3 is 0 Å². The maximum absolute atomic E-state index is 12.9. The third kappa shape index (κ3) is 6.56. The molecule has 6 nitrogen and oxygen atoms in total. The van der Waals surface area contributed by atoms with Gasteiger partial charge in [-0.2, -0.15) is 0 Å². The second-order valence-electron chi connectivity index (χ2n) is 8.25. The molecule has 0 saturated carbocycles. The van der Waals surface area contributed by atoms with Crippen LogP contribution in [0.1, 0.15) is 41.3 Å². The molecule has 1 aliphatic rings. The van der Waals surface area contributed by atoms with Crippen LogP contribution in [-0.2, 0) is 13.2 Å². The van der Waals surface area contributed by atoms with E-state index < -0.39 is 0 Å². The summed E-state index contributed by atoms with van der Waals surface area (Å²) >= 11 is 0. The molecule has 2 heterocycles. The minimum Gasteiger partial charge on any atom is -0.490 e. The highest BCUT2D eigenvalue weighted by molar-refractivity contribution is 5.95. The number of amides is 1. The van der Waals surface area contributed by atoms with Gasteiger partial charge in [0.15, 0.2) is 11.5 Å². The largest absolute Gasteiger partial charge is 0.490 e. The van der Waals surface area contributed by atoms with E-state index in [0.29, 0.717) is 30.3 Å². The zero-order chi connectivity index (χ0) is 22.9. The number of carbonyl (C=O) groups excluding carboxylic acids is 1. The number of piperidine rings is 1. The normalized spacial score (nSPS) is 14.6. The van der Waals surface area contributed by atoms with E-state index in [0.717, 1.165) is 38.0 Å². The van der Waals surface area contributed by atoms with Crippen LogP contribution < -0.4 is 14.8 Å². The lowest BCUT2D eigenvalue weighted by Crippen LogP contribution is -2.44. The van der Waals surface area contributed by atoms with Gasteiger partial charge in [-0.05, 0) is 61.2 Å². The van der Waals surface area contributed by atoms with E-state index in [1.807, 2.05) is 31.2 Å². The second kappa shape index (κ2) is 11.5. The molecule has 0 bridgehead atoms. The number of pyridine rings is 1. The summed E-state index contributed by atoms with van der Waals surface area (Å²) in [6.07, 6.45) is 5.37. The molecule has 1 amide bonds. The molecule has 1 N–H and O–H groups in total. The Morgan fingerprint density at radius 3 is 2.45 bits per heavy atom. The number of ether oxygens (including phenoxy) is 2. The molecule has 1 aromatic heterocycles. The van der Waals surface area contributed by atoms with E-state index in [4.69, 9.17) is 9.47 Å². The van der Waals surface area contributed by atoms with Crippen molar-refractivity contribution >= 4 is 5.91 Å². The standard InChI is InChI=1S/C27H31N3O3/c1-2-32-26-18-23(8-9-25(26)33-20-22-10-14-28-15-11-22)27(31)29-24-12-16-30(17-13-24)19-21-6-4-3-5-7-21/h3-11,14-15,18,24H,2,12-13,16-17,19-20H2,1H3,(H,29,31). The van der Waals surface area contributed by atoms with E-state index in [9.17, 15) is 4.79 Å². The summed E-state index contributed by atoms with van der Waals surface area (Å²) in [7, 11) is 0. The average molecular weight is 446 g/mol. The Bertz CT molecular complexity index is 1020. The van der Waals surface area contributed by atoms with Crippen molar-refractivity contribution in [3.63, 3.8) is 0 Å². The molecule has 1 saturated heterocycles. The molecule has 33 heavy (non-hydrogen) atoms. The van der Waals surface area contributed by atoms with Gasteiger partial charge in [0.25, 0.3) is 5.91 Å². The number of aromatic nitrogens is 1. The molecule has 0 radical (unpaired) electrons. The average Bonchev–Trinajstić information content (AvgIpc) is 2.86. The maximum atomic E-state index is 12.9. The number of hydrogen-bond donors (Lipinski definition) is 1. The summed E-state index contributed by atoms with van der Waals surface area (Å²) in [5.41, 5.74) is 2.93. The monoisotopic (exact) mass is 445 g/mol. The topological polar surface area (TPSA) is 63.7 Å². The van der Waals surface area contributed by atoms with Crippen molar-refractivity contribution in [2.75, 3.05) is 19.7 Å². The quantitative estimate of drug-likeness (QED) is 0.527. The van der Waals surface area contributed by atoms with Crippen LogP contribution in [0.4, 0.5) is 0 Å². The highest BCUT2D eigenvalue weighted by Crippen LogP contribution is 2.29. The lowest BCUT2D eigenvalue weighted by molar-refractivity contribution is 0.0908. The van der Waals surface area contributed by atoms with Crippen LogP contribution in [0.25, 0.3) is 0 Å². The summed E-state index contributed by atoms with van der Waals surface area (Å²) in [4.78, 5) is 19.4. The number of hydrogen-bond acceptors (Lipinski definition) is 5. The minimum absolute atomic E-state index is 0.0712. The van der Waals surface area contributed by atoms with Crippen LogP contribution in [0.15, 0.2) is 73.1 Å². The van der Waals surface area contributed by atoms with Gasteiger partial charge in [-0.1, -0.05) is 30.3 Å². The highest BCUT2D eigenvalue weighted by Gasteiger charge is 2.22. The zero-order valence-electron chi connectivity index (χ0n) is 19.1. The van der Waals surface area contributed by atoms with E-state index >= 15 is 0 Å². The number of nitrogens with one attached hydrogen (secondary N) is 1. The molecule has 0 aliphatic carbocycles. The molecule has 0 atom stereocenters. The van der Waals surface area contributed by atoms with Gasteiger partial charge in [-0.15, -0.1) is 0 Å². The van der Waals surface area contributed by atoms with Gasteiger partial charge in [-0.25, -0.2) is 0 Å². The number of carbonyl (C=O) groups is 1. The number of likely N-dealkylation sites (tertiary alicyclic amines) is 1. The van der Waals surface area contributed by atoms with Crippen LogP contribution in [0.3, 0.4) is 0 Å². The first kappa shape index (κ1) is 22.8. The molecule has 0 unspecified atom stereocenters. The Morgan fingerprint density at radius 2 is 1.73 bits per heavy atom. The fourth-order valence-corrected chi connectivity index (χ4v) is 4.02. The lowest BCUT2D eigenvalue weighted by atomic mass is 10.0. The van der Waals surface area contributed by atoms with Crippen LogP contribution in [-0.4, -0.2) is 41.5 Å². The van der Waals surface area contributed by atoms with Crippen LogP contribution in [0, 0.1) is 0 Å². The highest BCUT2D eigenvalue weighted by atomic mass is 16.5. The lowest BCUT2D eigenvalue weighted by Gasteiger charge is -2.32. The predicted molar refractivity (Wildman–Crippen MR) is 128 cm³/mol. The molecule has 1 fully saturated rings. The van der Waals surface area contributed by atoms with Gasteiger partial charge in [0.2, 0.25) is 0 Å². The Labute approximate surface area is 195 Å². The Balaban J connectivity index is 1.31. The smallest absolute Gasteiger partial charge is 0.251 e. The Morgan fingerprint density at radius 1 is 0.970 bits per heavy atom. The molecule has 0 spiro atoms. The number of rotatable bonds is 9. The molecular weight excluding hydrogens is 414 g/mol. The van der Waals surface area contributed by atoms with Crippen molar-refractivity contribution in [2.45, 2.75) is 39.0 Å².